The molecule has 3 heterocycles. The second-order valence-corrected chi connectivity index (χ2v) is 9.19. The first-order valence-electron chi connectivity index (χ1n) is 11.7. The average Bonchev–Trinajstić information content (AvgIpc) is 3.35. The number of carbonyl (C=O) groups is 1. The number of nitrogens with one attached hydrogen (secondary N) is 1. The Kier molecular flexibility index (Phi) is 7.35. The number of nitrogens with zero attached hydrogens (tertiary/aromatic N) is 3. The molecule has 1 aromatic heterocycles. The van der Waals surface area contributed by atoms with Crippen LogP contribution in [0.15, 0.2) is 36.7 Å². The van der Waals surface area contributed by atoms with Crippen molar-refractivity contribution in [3.63, 3.8) is 0 Å². The van der Waals surface area contributed by atoms with Crippen molar-refractivity contribution in [3.05, 3.63) is 47.5 Å². The summed E-state index contributed by atoms with van der Waals surface area (Å²) in [7, 11) is 0. The molecule has 0 radical (unpaired) electrons. The molecule has 0 bridgehead atoms. The highest BCUT2D eigenvalue weighted by molar-refractivity contribution is 6.31. The van der Waals surface area contributed by atoms with Crippen LogP contribution in [0, 0.1) is 5.82 Å². The summed E-state index contributed by atoms with van der Waals surface area (Å²) >= 11 is 5.93. The standard InChI is InChI=1S/C25H26ClFN4O5/c1-15-11-31(12-24(32)35-15)5-7-34-22-10-21-18(9-23(22)36-17-4-6-33-13-17)25(29-14-28-21)30-16-2-3-20(27)19(26)8-16/h2-3,8-10,14-15,17H,4-7,11-13H2,1H3,(H,28,29,30). The number of ether oxygens (including phenoxy) is 4. The number of hydrogen-bond acceptors (Lipinski definition) is 9. The maximum Gasteiger partial charge on any atom is 0.320 e. The van der Waals surface area contributed by atoms with Crippen molar-refractivity contribution in [1.82, 2.24) is 14.9 Å². The molecule has 11 heteroatoms. The van der Waals surface area contributed by atoms with Gasteiger partial charge in [-0.25, -0.2) is 14.4 Å². The average molecular weight is 517 g/mol. The summed E-state index contributed by atoms with van der Waals surface area (Å²) in [5.74, 6) is 0.865. The smallest absolute Gasteiger partial charge is 0.320 e. The third-order valence-corrected chi connectivity index (χ3v) is 6.22. The molecule has 190 valence electrons. The largest absolute Gasteiger partial charge is 0.488 e. The lowest BCUT2D eigenvalue weighted by molar-refractivity contribution is -0.157. The summed E-state index contributed by atoms with van der Waals surface area (Å²) in [5, 5.41) is 3.89. The van der Waals surface area contributed by atoms with Crippen molar-refractivity contribution in [2.75, 3.05) is 44.8 Å². The number of anilines is 2. The summed E-state index contributed by atoms with van der Waals surface area (Å²) < 4.78 is 36.6. The van der Waals surface area contributed by atoms with Crippen LogP contribution in [0.5, 0.6) is 11.5 Å². The molecule has 2 fully saturated rings. The van der Waals surface area contributed by atoms with Crippen molar-refractivity contribution < 1.29 is 28.1 Å². The van der Waals surface area contributed by atoms with E-state index in [2.05, 4.69) is 15.3 Å². The Bertz CT molecular complexity index is 1260. The molecule has 0 aliphatic carbocycles. The van der Waals surface area contributed by atoms with Crippen LogP contribution in [0.2, 0.25) is 5.02 Å². The molecule has 2 aromatic carbocycles. The Morgan fingerprint density at radius 1 is 1.25 bits per heavy atom. The zero-order valence-corrected chi connectivity index (χ0v) is 20.5. The molecule has 0 saturated carbocycles. The molecule has 2 saturated heterocycles. The normalized spacial score (nSPS) is 20.4. The van der Waals surface area contributed by atoms with E-state index in [1.807, 2.05) is 17.9 Å². The molecule has 0 amide bonds. The number of rotatable bonds is 8. The molecule has 36 heavy (non-hydrogen) atoms. The zero-order chi connectivity index (χ0) is 25.1. The first-order valence-corrected chi connectivity index (χ1v) is 12.1. The van der Waals surface area contributed by atoms with Crippen molar-refractivity contribution in [1.29, 1.82) is 0 Å². The quantitative estimate of drug-likeness (QED) is 0.446. The minimum absolute atomic E-state index is 0.00988. The molecule has 2 aliphatic heterocycles. The number of carbonyl (C=O) groups excluding carboxylic acids is 1. The predicted molar refractivity (Wildman–Crippen MR) is 132 cm³/mol. The first kappa shape index (κ1) is 24.5. The first-order chi connectivity index (χ1) is 17.4. The summed E-state index contributed by atoms with van der Waals surface area (Å²) in [6.07, 6.45) is 1.97. The van der Waals surface area contributed by atoms with Crippen LogP contribution in [-0.2, 0) is 14.3 Å². The SMILES string of the molecule is CC1CN(CCOc2cc3ncnc(Nc4ccc(F)c(Cl)c4)c3cc2OC2CCOC2)CC(=O)O1. The Balaban J connectivity index is 1.39. The van der Waals surface area contributed by atoms with E-state index >= 15 is 0 Å². The van der Waals surface area contributed by atoms with E-state index in [4.69, 9.17) is 30.5 Å². The zero-order valence-electron chi connectivity index (χ0n) is 19.7. The number of morpholine rings is 1. The second-order valence-electron chi connectivity index (χ2n) is 8.78. The van der Waals surface area contributed by atoms with E-state index in [0.717, 1.165) is 6.42 Å². The third-order valence-electron chi connectivity index (χ3n) is 5.93. The van der Waals surface area contributed by atoms with E-state index in [1.54, 1.807) is 12.1 Å². The Labute approximate surface area is 212 Å². The second kappa shape index (κ2) is 10.8. The third kappa shape index (κ3) is 5.77. The van der Waals surface area contributed by atoms with Gasteiger partial charge in [-0.1, -0.05) is 11.6 Å². The summed E-state index contributed by atoms with van der Waals surface area (Å²) in [4.78, 5) is 22.5. The minimum atomic E-state index is -0.498. The van der Waals surface area contributed by atoms with Gasteiger partial charge in [0, 0.05) is 36.7 Å². The van der Waals surface area contributed by atoms with E-state index in [-0.39, 0.29) is 29.7 Å². The van der Waals surface area contributed by atoms with Crippen molar-refractivity contribution >= 4 is 40.0 Å². The number of cyclic esters (lactones) is 1. The summed E-state index contributed by atoms with van der Waals surface area (Å²) in [5.41, 5.74) is 1.23. The van der Waals surface area contributed by atoms with Crippen LogP contribution < -0.4 is 14.8 Å². The van der Waals surface area contributed by atoms with Gasteiger partial charge < -0.3 is 24.3 Å². The molecule has 2 aliphatic rings. The van der Waals surface area contributed by atoms with Crippen LogP contribution in [0.25, 0.3) is 10.9 Å². The van der Waals surface area contributed by atoms with Crippen molar-refractivity contribution in [2.45, 2.75) is 25.6 Å². The van der Waals surface area contributed by atoms with Gasteiger partial charge in [-0.2, -0.15) is 0 Å². The molecular weight excluding hydrogens is 491 g/mol. The number of halogens is 2. The van der Waals surface area contributed by atoms with Crippen LogP contribution >= 0.6 is 11.6 Å². The van der Waals surface area contributed by atoms with Crippen LogP contribution in [0.3, 0.4) is 0 Å². The molecular formula is C25H26ClFN4O5. The van der Waals surface area contributed by atoms with E-state index < -0.39 is 5.82 Å². The maximum absolute atomic E-state index is 13.6. The van der Waals surface area contributed by atoms with Crippen molar-refractivity contribution in [2.24, 2.45) is 0 Å². The molecule has 5 rings (SSSR count). The number of fused-ring (bicyclic) bond motifs is 1. The van der Waals surface area contributed by atoms with Gasteiger partial charge in [0.1, 0.15) is 36.8 Å². The molecule has 3 aromatic rings. The number of hydrogen-bond donors (Lipinski definition) is 1. The van der Waals surface area contributed by atoms with E-state index in [1.165, 1.54) is 18.5 Å². The van der Waals surface area contributed by atoms with Crippen LogP contribution in [-0.4, -0.2) is 72.5 Å². The lowest BCUT2D eigenvalue weighted by atomic mass is 10.2. The topological polar surface area (TPSA) is 95.0 Å². The van der Waals surface area contributed by atoms with E-state index in [9.17, 15) is 9.18 Å². The molecule has 2 atom stereocenters. The highest BCUT2D eigenvalue weighted by Crippen LogP contribution is 2.36. The fourth-order valence-electron chi connectivity index (χ4n) is 4.23. The minimum Gasteiger partial charge on any atom is -0.488 e. The van der Waals surface area contributed by atoms with Crippen molar-refractivity contribution in [3.8, 4) is 11.5 Å². The Morgan fingerprint density at radius 3 is 2.92 bits per heavy atom. The maximum atomic E-state index is 13.6. The van der Waals surface area contributed by atoms with Gasteiger partial charge in [-0.3, -0.25) is 9.69 Å². The predicted octanol–water partition coefficient (Wildman–Crippen LogP) is 3.96. The highest BCUT2D eigenvalue weighted by Gasteiger charge is 2.24. The number of benzene rings is 2. The van der Waals surface area contributed by atoms with Gasteiger partial charge in [0.25, 0.3) is 0 Å². The van der Waals surface area contributed by atoms with Crippen LogP contribution in [0.4, 0.5) is 15.9 Å². The van der Waals surface area contributed by atoms with Gasteiger partial charge in [0.05, 0.1) is 30.3 Å². The fraction of sp³-hybridized carbons (Fsp3) is 0.400. The lowest BCUT2D eigenvalue weighted by Gasteiger charge is -2.30. The monoisotopic (exact) mass is 516 g/mol. The summed E-state index contributed by atoms with van der Waals surface area (Å²) in [6, 6.07) is 8.00. The molecule has 0 spiro atoms. The van der Waals surface area contributed by atoms with Crippen LogP contribution in [0.1, 0.15) is 13.3 Å². The highest BCUT2D eigenvalue weighted by atomic mass is 35.5. The fourth-order valence-corrected chi connectivity index (χ4v) is 4.41. The van der Waals surface area contributed by atoms with E-state index in [0.29, 0.717) is 66.8 Å². The summed E-state index contributed by atoms with van der Waals surface area (Å²) in [6.45, 7) is 4.82. The molecule has 9 nitrogen and oxygen atoms in total. The number of esters is 1. The van der Waals surface area contributed by atoms with Gasteiger partial charge in [0.15, 0.2) is 11.5 Å². The molecule has 1 N–H and O–H groups in total. The number of aromatic nitrogens is 2. The van der Waals surface area contributed by atoms with Gasteiger partial charge in [-0.05, 0) is 31.2 Å². The Hall–Kier alpha value is -3.21. The van der Waals surface area contributed by atoms with Gasteiger partial charge in [0.2, 0.25) is 0 Å². The Morgan fingerprint density at radius 2 is 2.14 bits per heavy atom. The van der Waals surface area contributed by atoms with Gasteiger partial charge >= 0.3 is 5.97 Å². The molecule has 2 unspecified atom stereocenters. The lowest BCUT2D eigenvalue weighted by Crippen LogP contribution is -2.45. The van der Waals surface area contributed by atoms with Gasteiger partial charge in [-0.15, -0.1) is 0 Å².